The Morgan fingerprint density at radius 2 is 1.92 bits per heavy atom. The van der Waals surface area contributed by atoms with Crippen LogP contribution in [0.2, 0.25) is 0 Å². The summed E-state index contributed by atoms with van der Waals surface area (Å²) >= 11 is 0. The number of hydrogen-bond donors (Lipinski definition) is 1. The Hall–Kier alpha value is -3.69. The molecule has 0 fully saturated rings. The average molecular weight is 354 g/mol. The number of nitrogens with zero attached hydrogens (tertiary/aromatic N) is 6. The second-order valence-corrected chi connectivity index (χ2v) is 5.56. The van der Waals surface area contributed by atoms with Gasteiger partial charge in [-0.3, -0.25) is 14.2 Å². The molecule has 0 unspecified atom stereocenters. The highest BCUT2D eigenvalue weighted by molar-refractivity contribution is 5.81. The number of carboxylic acids is 1. The Balaban J connectivity index is 1.86. The van der Waals surface area contributed by atoms with Crippen molar-refractivity contribution in [3.05, 3.63) is 53.0 Å². The van der Waals surface area contributed by atoms with Gasteiger partial charge in [0, 0.05) is 12.1 Å². The van der Waals surface area contributed by atoms with Crippen LogP contribution in [0.5, 0.6) is 0 Å². The molecular formula is C16H11FN6O3. The molecule has 9 nitrogen and oxygen atoms in total. The molecule has 0 spiro atoms. The maximum Gasteiger partial charge on any atom is 0.305 e. The fourth-order valence-electron chi connectivity index (χ4n) is 2.61. The quantitative estimate of drug-likeness (QED) is 0.584. The highest BCUT2D eigenvalue weighted by atomic mass is 19.1. The number of fused-ring (bicyclic) bond motifs is 3. The molecule has 0 amide bonds. The minimum Gasteiger partial charge on any atom is -0.481 e. The van der Waals surface area contributed by atoms with E-state index in [-0.39, 0.29) is 29.9 Å². The first-order valence-corrected chi connectivity index (χ1v) is 7.62. The van der Waals surface area contributed by atoms with E-state index in [0.29, 0.717) is 16.8 Å². The van der Waals surface area contributed by atoms with Crippen molar-refractivity contribution in [3.8, 4) is 11.1 Å². The highest BCUT2D eigenvalue weighted by Crippen LogP contribution is 2.24. The zero-order valence-corrected chi connectivity index (χ0v) is 13.2. The van der Waals surface area contributed by atoms with Crippen molar-refractivity contribution in [1.82, 2.24) is 29.4 Å². The molecule has 4 aromatic rings. The molecule has 10 heteroatoms. The van der Waals surface area contributed by atoms with Crippen molar-refractivity contribution in [1.29, 1.82) is 0 Å². The lowest BCUT2D eigenvalue weighted by Crippen LogP contribution is -2.24. The maximum atomic E-state index is 13.1. The Labute approximate surface area is 144 Å². The monoisotopic (exact) mass is 354 g/mol. The lowest BCUT2D eigenvalue weighted by molar-refractivity contribution is -0.137. The molecule has 0 saturated heterocycles. The van der Waals surface area contributed by atoms with Crippen molar-refractivity contribution < 1.29 is 14.3 Å². The third-order valence-corrected chi connectivity index (χ3v) is 3.91. The normalized spacial score (nSPS) is 11.3. The first kappa shape index (κ1) is 15.8. The number of rotatable bonds is 4. The predicted octanol–water partition coefficient (Wildman–Crippen LogP) is 1.11. The lowest BCUT2D eigenvalue weighted by atomic mass is 10.1. The van der Waals surface area contributed by atoms with Crippen LogP contribution in [0.25, 0.3) is 27.9 Å². The van der Waals surface area contributed by atoms with Crippen molar-refractivity contribution in [2.75, 3.05) is 0 Å². The van der Waals surface area contributed by atoms with Crippen molar-refractivity contribution >= 4 is 22.8 Å². The minimum atomic E-state index is -1.02. The van der Waals surface area contributed by atoms with Gasteiger partial charge < -0.3 is 5.11 Å². The van der Waals surface area contributed by atoms with Crippen LogP contribution in [0.1, 0.15) is 6.42 Å². The predicted molar refractivity (Wildman–Crippen MR) is 88.0 cm³/mol. The molecule has 0 aliphatic heterocycles. The van der Waals surface area contributed by atoms with Crippen LogP contribution in [-0.2, 0) is 11.3 Å². The number of carboxylic acid groups (broad SMARTS) is 1. The molecule has 130 valence electrons. The lowest BCUT2D eigenvalue weighted by Gasteiger charge is -2.05. The summed E-state index contributed by atoms with van der Waals surface area (Å²) in [7, 11) is 0. The van der Waals surface area contributed by atoms with Gasteiger partial charge in [-0.25, -0.2) is 9.37 Å². The van der Waals surface area contributed by atoms with Gasteiger partial charge in [0.05, 0.1) is 12.6 Å². The molecule has 0 radical (unpaired) electrons. The summed E-state index contributed by atoms with van der Waals surface area (Å²) in [5.41, 5.74) is 1.39. The molecule has 3 aromatic heterocycles. The van der Waals surface area contributed by atoms with Crippen LogP contribution < -0.4 is 5.56 Å². The van der Waals surface area contributed by atoms with Gasteiger partial charge >= 0.3 is 5.97 Å². The first-order valence-electron chi connectivity index (χ1n) is 7.62. The van der Waals surface area contributed by atoms with Crippen LogP contribution in [0, 0.1) is 5.82 Å². The molecule has 4 rings (SSSR count). The van der Waals surface area contributed by atoms with E-state index >= 15 is 0 Å². The fourth-order valence-corrected chi connectivity index (χ4v) is 2.61. The van der Waals surface area contributed by atoms with Crippen LogP contribution >= 0.6 is 0 Å². The van der Waals surface area contributed by atoms with Crippen LogP contribution in [0.4, 0.5) is 4.39 Å². The largest absolute Gasteiger partial charge is 0.481 e. The van der Waals surface area contributed by atoms with Crippen LogP contribution in [0.3, 0.4) is 0 Å². The van der Waals surface area contributed by atoms with Crippen LogP contribution in [0.15, 0.2) is 41.6 Å². The Bertz CT molecular complexity index is 1200. The van der Waals surface area contributed by atoms with Gasteiger partial charge in [-0.2, -0.15) is 9.61 Å². The number of aliphatic carboxylic acids is 1. The van der Waals surface area contributed by atoms with E-state index in [2.05, 4.69) is 20.3 Å². The Morgan fingerprint density at radius 3 is 2.65 bits per heavy atom. The minimum absolute atomic E-state index is 0.0147. The molecule has 1 N–H and O–H groups in total. The maximum absolute atomic E-state index is 13.1. The second-order valence-electron chi connectivity index (χ2n) is 5.56. The van der Waals surface area contributed by atoms with Gasteiger partial charge in [0.25, 0.3) is 5.56 Å². The summed E-state index contributed by atoms with van der Waals surface area (Å²) in [5.74, 6) is -1.38. The molecule has 0 saturated carbocycles. The summed E-state index contributed by atoms with van der Waals surface area (Å²) in [6.07, 6.45) is 2.58. The van der Waals surface area contributed by atoms with E-state index in [4.69, 9.17) is 5.11 Å². The summed E-state index contributed by atoms with van der Waals surface area (Å²) in [6, 6.07) is 5.84. The number of carbonyl (C=O) groups is 1. The van der Waals surface area contributed by atoms with Crippen molar-refractivity contribution in [2.24, 2.45) is 0 Å². The van der Waals surface area contributed by atoms with Gasteiger partial charge in [0.2, 0.25) is 0 Å². The number of aromatic nitrogens is 6. The Morgan fingerprint density at radius 1 is 1.15 bits per heavy atom. The molecule has 1 aromatic carbocycles. The third kappa shape index (κ3) is 2.57. The molecule has 26 heavy (non-hydrogen) atoms. The molecule has 0 atom stereocenters. The summed E-state index contributed by atoms with van der Waals surface area (Å²) in [4.78, 5) is 27.3. The molecule has 0 bridgehead atoms. The molecule has 0 aliphatic carbocycles. The molecular weight excluding hydrogens is 343 g/mol. The van der Waals surface area contributed by atoms with Gasteiger partial charge in [-0.1, -0.05) is 12.1 Å². The smallest absolute Gasteiger partial charge is 0.305 e. The summed E-state index contributed by atoms with van der Waals surface area (Å²) in [5, 5.41) is 21.0. The second kappa shape index (κ2) is 5.99. The highest BCUT2D eigenvalue weighted by Gasteiger charge is 2.15. The van der Waals surface area contributed by atoms with E-state index in [0.717, 1.165) is 0 Å². The van der Waals surface area contributed by atoms with Crippen molar-refractivity contribution in [2.45, 2.75) is 13.0 Å². The number of benzene rings is 1. The van der Waals surface area contributed by atoms with Crippen LogP contribution in [-0.4, -0.2) is 40.4 Å². The van der Waals surface area contributed by atoms with E-state index < -0.39 is 11.5 Å². The van der Waals surface area contributed by atoms with Gasteiger partial charge in [-0.15, -0.1) is 10.2 Å². The average Bonchev–Trinajstić information content (AvgIpc) is 3.06. The van der Waals surface area contributed by atoms with E-state index in [1.165, 1.54) is 33.7 Å². The van der Waals surface area contributed by atoms with E-state index in [9.17, 15) is 14.0 Å². The topological polar surface area (TPSA) is 115 Å². The van der Waals surface area contributed by atoms with Gasteiger partial charge in [-0.05, 0) is 17.7 Å². The van der Waals surface area contributed by atoms with Gasteiger partial charge in [0.1, 0.15) is 12.1 Å². The van der Waals surface area contributed by atoms with E-state index in [1.54, 1.807) is 12.1 Å². The standard InChI is InChI=1S/C16H11FN6O3/c17-10-3-1-9(2-4-10)11-7-19-23-14(11)21-20-13-15(23)18-8-22(16(13)26)6-5-12(24)25/h1-4,7-8H,5-6H2,(H,24,25). The summed E-state index contributed by atoms with van der Waals surface area (Å²) in [6.45, 7) is -0.0171. The Kier molecular flexibility index (Phi) is 3.64. The molecule has 3 heterocycles. The van der Waals surface area contributed by atoms with E-state index in [1.807, 2.05) is 0 Å². The molecule has 0 aliphatic rings. The fraction of sp³-hybridized carbons (Fsp3) is 0.125. The number of aryl methyl sites for hydroxylation is 1. The summed E-state index contributed by atoms with van der Waals surface area (Å²) < 4.78 is 15.7. The van der Waals surface area contributed by atoms with Gasteiger partial charge in [0.15, 0.2) is 16.8 Å². The number of hydrogen-bond acceptors (Lipinski definition) is 6. The first-order chi connectivity index (χ1) is 12.5. The number of halogens is 1. The third-order valence-electron chi connectivity index (χ3n) is 3.91. The zero-order chi connectivity index (χ0) is 18.3. The van der Waals surface area contributed by atoms with Crippen molar-refractivity contribution in [3.63, 3.8) is 0 Å². The SMILES string of the molecule is O=C(O)CCn1cnc2c(nnc3c(-c4ccc(F)cc4)cnn32)c1=O. The zero-order valence-electron chi connectivity index (χ0n) is 13.2.